The van der Waals surface area contributed by atoms with E-state index in [0.717, 1.165) is 43.4 Å². The van der Waals surface area contributed by atoms with Crippen LogP contribution in [0.4, 0.5) is 0 Å². The predicted octanol–water partition coefficient (Wildman–Crippen LogP) is 2.50. The molecule has 0 unspecified atom stereocenters. The average Bonchev–Trinajstić information content (AvgIpc) is 2.97. The Bertz CT molecular complexity index is 544. The number of fused-ring (bicyclic) bond motifs is 1. The van der Waals surface area contributed by atoms with E-state index in [2.05, 4.69) is 5.32 Å². The van der Waals surface area contributed by atoms with Crippen LogP contribution in [0.5, 0.6) is 11.5 Å². The molecule has 6 nitrogen and oxygen atoms in total. The van der Waals surface area contributed by atoms with Gasteiger partial charge in [0.05, 0.1) is 6.42 Å². The summed E-state index contributed by atoms with van der Waals surface area (Å²) in [6, 6.07) is 5.53. The molecule has 0 spiro atoms. The predicted molar refractivity (Wildman–Crippen MR) is 84.6 cm³/mol. The lowest BCUT2D eigenvalue weighted by Gasteiger charge is -2.06. The Morgan fingerprint density at radius 2 is 1.78 bits per heavy atom. The van der Waals surface area contributed by atoms with E-state index >= 15 is 0 Å². The summed E-state index contributed by atoms with van der Waals surface area (Å²) >= 11 is 0. The van der Waals surface area contributed by atoms with Crippen LogP contribution >= 0.6 is 0 Å². The van der Waals surface area contributed by atoms with E-state index in [1.807, 2.05) is 18.2 Å². The van der Waals surface area contributed by atoms with Crippen molar-refractivity contribution in [1.29, 1.82) is 0 Å². The zero-order valence-electron chi connectivity index (χ0n) is 13.2. The van der Waals surface area contributed by atoms with Crippen molar-refractivity contribution in [2.24, 2.45) is 0 Å². The summed E-state index contributed by atoms with van der Waals surface area (Å²) in [5, 5.41) is 11.4. The summed E-state index contributed by atoms with van der Waals surface area (Å²) in [7, 11) is 0. The SMILES string of the molecule is O=C(O)CCCCCCCNC(=O)Cc1ccc2c(c1)OCO2. The van der Waals surface area contributed by atoms with Gasteiger partial charge in [0.2, 0.25) is 12.7 Å². The molecule has 0 saturated heterocycles. The van der Waals surface area contributed by atoms with Crippen LogP contribution < -0.4 is 14.8 Å². The summed E-state index contributed by atoms with van der Waals surface area (Å²) in [4.78, 5) is 22.2. The number of carbonyl (C=O) groups is 2. The summed E-state index contributed by atoms with van der Waals surface area (Å²) in [5.41, 5.74) is 0.903. The fourth-order valence-electron chi connectivity index (χ4n) is 2.46. The van der Waals surface area contributed by atoms with Gasteiger partial charge in [-0.25, -0.2) is 0 Å². The molecule has 6 heteroatoms. The van der Waals surface area contributed by atoms with Crippen molar-refractivity contribution in [1.82, 2.24) is 5.32 Å². The van der Waals surface area contributed by atoms with Crippen LogP contribution in [-0.4, -0.2) is 30.3 Å². The molecule has 0 atom stereocenters. The van der Waals surface area contributed by atoms with E-state index in [-0.39, 0.29) is 19.1 Å². The molecule has 1 aromatic carbocycles. The highest BCUT2D eigenvalue weighted by Crippen LogP contribution is 2.32. The van der Waals surface area contributed by atoms with Crippen molar-refractivity contribution in [3.63, 3.8) is 0 Å². The van der Waals surface area contributed by atoms with Crippen LogP contribution in [0.2, 0.25) is 0 Å². The summed E-state index contributed by atoms with van der Waals surface area (Å²) < 4.78 is 10.5. The van der Waals surface area contributed by atoms with E-state index in [4.69, 9.17) is 14.6 Å². The molecule has 0 aliphatic carbocycles. The normalized spacial score (nSPS) is 12.2. The van der Waals surface area contributed by atoms with Gasteiger partial charge in [-0.2, -0.15) is 0 Å². The lowest BCUT2D eigenvalue weighted by Crippen LogP contribution is -2.26. The number of unbranched alkanes of at least 4 members (excludes halogenated alkanes) is 4. The van der Waals surface area contributed by atoms with Gasteiger partial charge in [-0.15, -0.1) is 0 Å². The van der Waals surface area contributed by atoms with Crippen molar-refractivity contribution in [3.8, 4) is 11.5 Å². The van der Waals surface area contributed by atoms with Gasteiger partial charge in [-0.1, -0.05) is 25.3 Å². The van der Waals surface area contributed by atoms with Crippen LogP contribution in [0.1, 0.15) is 44.1 Å². The minimum absolute atomic E-state index is 0.00487. The zero-order valence-corrected chi connectivity index (χ0v) is 13.2. The minimum atomic E-state index is -0.735. The maximum absolute atomic E-state index is 11.9. The number of hydrogen-bond donors (Lipinski definition) is 2. The second kappa shape index (κ2) is 9.02. The number of carbonyl (C=O) groups excluding carboxylic acids is 1. The zero-order chi connectivity index (χ0) is 16.5. The first-order valence-electron chi connectivity index (χ1n) is 8.02. The lowest BCUT2D eigenvalue weighted by molar-refractivity contribution is -0.137. The first kappa shape index (κ1) is 17.1. The van der Waals surface area contributed by atoms with E-state index in [0.29, 0.717) is 18.7 Å². The van der Waals surface area contributed by atoms with Gasteiger partial charge >= 0.3 is 5.97 Å². The number of nitrogens with one attached hydrogen (secondary N) is 1. The first-order chi connectivity index (χ1) is 11.1. The number of rotatable bonds is 10. The van der Waals surface area contributed by atoms with Crippen LogP contribution in [0.15, 0.2) is 18.2 Å². The molecule has 1 aromatic rings. The van der Waals surface area contributed by atoms with Crippen LogP contribution in [0.25, 0.3) is 0 Å². The Hall–Kier alpha value is -2.24. The average molecular weight is 321 g/mol. The molecular formula is C17H23NO5. The molecule has 1 heterocycles. The fraction of sp³-hybridized carbons (Fsp3) is 0.529. The van der Waals surface area contributed by atoms with Gasteiger partial charge in [-0.05, 0) is 30.5 Å². The van der Waals surface area contributed by atoms with Crippen molar-refractivity contribution < 1.29 is 24.2 Å². The highest BCUT2D eigenvalue weighted by molar-refractivity contribution is 5.78. The smallest absolute Gasteiger partial charge is 0.303 e. The van der Waals surface area contributed by atoms with E-state index < -0.39 is 5.97 Å². The molecule has 1 aliphatic rings. The number of aliphatic carboxylic acids is 1. The molecule has 0 saturated carbocycles. The first-order valence-corrected chi connectivity index (χ1v) is 8.02. The molecule has 0 fully saturated rings. The second-order valence-electron chi connectivity index (χ2n) is 5.63. The third kappa shape index (κ3) is 6.18. The number of carboxylic acids is 1. The van der Waals surface area contributed by atoms with Crippen LogP contribution in [-0.2, 0) is 16.0 Å². The number of hydrogen-bond acceptors (Lipinski definition) is 4. The topological polar surface area (TPSA) is 84.9 Å². The summed E-state index contributed by atoms with van der Waals surface area (Å²) in [6.07, 6.45) is 5.15. The number of carboxylic acid groups (broad SMARTS) is 1. The molecule has 1 amide bonds. The Morgan fingerprint density at radius 1 is 1.04 bits per heavy atom. The Labute approximate surface area is 135 Å². The molecule has 0 bridgehead atoms. The van der Waals surface area contributed by atoms with Gasteiger partial charge in [0.1, 0.15) is 0 Å². The molecular weight excluding hydrogens is 298 g/mol. The maximum Gasteiger partial charge on any atom is 0.303 e. The number of ether oxygens (including phenoxy) is 2. The van der Waals surface area contributed by atoms with Gasteiger partial charge < -0.3 is 19.9 Å². The fourth-order valence-corrected chi connectivity index (χ4v) is 2.46. The molecule has 126 valence electrons. The molecule has 2 N–H and O–H groups in total. The van der Waals surface area contributed by atoms with Crippen molar-refractivity contribution in [2.45, 2.75) is 44.9 Å². The summed E-state index contributed by atoms with van der Waals surface area (Å²) in [6.45, 7) is 0.889. The quantitative estimate of drug-likeness (QED) is 0.647. The van der Waals surface area contributed by atoms with Crippen LogP contribution in [0, 0.1) is 0 Å². The standard InChI is InChI=1S/C17H23NO5/c19-16(18-9-5-3-1-2-4-6-17(20)21)11-13-7-8-14-15(10-13)23-12-22-14/h7-8,10H,1-6,9,11-12H2,(H,18,19)(H,20,21). The van der Waals surface area contributed by atoms with Gasteiger partial charge in [-0.3, -0.25) is 9.59 Å². The number of amides is 1. The molecule has 2 rings (SSSR count). The third-order valence-corrected chi connectivity index (χ3v) is 3.69. The second-order valence-corrected chi connectivity index (χ2v) is 5.63. The molecule has 1 aliphatic heterocycles. The molecule has 0 radical (unpaired) electrons. The maximum atomic E-state index is 11.9. The van der Waals surface area contributed by atoms with E-state index in [9.17, 15) is 9.59 Å². The minimum Gasteiger partial charge on any atom is -0.481 e. The third-order valence-electron chi connectivity index (χ3n) is 3.69. The van der Waals surface area contributed by atoms with E-state index in [1.165, 1.54) is 0 Å². The van der Waals surface area contributed by atoms with Crippen molar-refractivity contribution in [2.75, 3.05) is 13.3 Å². The highest BCUT2D eigenvalue weighted by atomic mass is 16.7. The van der Waals surface area contributed by atoms with Crippen molar-refractivity contribution >= 4 is 11.9 Å². The summed E-state index contributed by atoms with van der Waals surface area (Å²) in [5.74, 6) is 0.671. The Morgan fingerprint density at radius 3 is 2.61 bits per heavy atom. The molecule has 23 heavy (non-hydrogen) atoms. The Kier molecular flexibility index (Phi) is 6.72. The van der Waals surface area contributed by atoms with Crippen molar-refractivity contribution in [3.05, 3.63) is 23.8 Å². The van der Waals surface area contributed by atoms with Gasteiger partial charge in [0, 0.05) is 13.0 Å². The van der Waals surface area contributed by atoms with E-state index in [1.54, 1.807) is 0 Å². The lowest BCUT2D eigenvalue weighted by atomic mass is 10.1. The van der Waals surface area contributed by atoms with Gasteiger partial charge in [0.25, 0.3) is 0 Å². The Balaban J connectivity index is 1.54. The largest absolute Gasteiger partial charge is 0.481 e. The highest BCUT2D eigenvalue weighted by Gasteiger charge is 2.14. The van der Waals surface area contributed by atoms with Gasteiger partial charge in [0.15, 0.2) is 11.5 Å². The number of benzene rings is 1. The van der Waals surface area contributed by atoms with Crippen LogP contribution in [0.3, 0.4) is 0 Å². The molecule has 0 aromatic heterocycles. The monoisotopic (exact) mass is 321 g/mol.